The van der Waals surface area contributed by atoms with Gasteiger partial charge in [-0.1, -0.05) is 12.1 Å². The largest absolute Gasteiger partial charge is 0.462 e. The van der Waals surface area contributed by atoms with Crippen molar-refractivity contribution >= 4 is 5.97 Å². The molecule has 1 aliphatic heterocycles. The van der Waals surface area contributed by atoms with Crippen molar-refractivity contribution in [1.29, 1.82) is 0 Å². The second-order valence-electron chi connectivity index (χ2n) is 6.74. The molecule has 0 spiro atoms. The van der Waals surface area contributed by atoms with Crippen LogP contribution in [-0.4, -0.2) is 47.7 Å². The zero-order valence-corrected chi connectivity index (χ0v) is 15.2. The number of benzene rings is 1. The van der Waals surface area contributed by atoms with Gasteiger partial charge in [-0.2, -0.15) is 0 Å². The Bertz CT molecular complexity index is 765. The van der Waals surface area contributed by atoms with Gasteiger partial charge < -0.3 is 14.3 Å². The highest BCUT2D eigenvalue weighted by atomic mass is 19.3. The first-order valence-electron chi connectivity index (χ1n) is 9.00. The van der Waals surface area contributed by atoms with Crippen LogP contribution in [0.3, 0.4) is 0 Å². The van der Waals surface area contributed by atoms with Crippen LogP contribution in [0.25, 0.3) is 11.3 Å². The molecule has 0 saturated carbocycles. The van der Waals surface area contributed by atoms with Crippen LogP contribution in [0.4, 0.5) is 8.78 Å². The number of nitrogens with zero attached hydrogens (tertiary/aromatic N) is 1. The van der Waals surface area contributed by atoms with E-state index in [9.17, 15) is 18.7 Å². The van der Waals surface area contributed by atoms with E-state index in [4.69, 9.17) is 9.15 Å². The minimum Gasteiger partial charge on any atom is -0.462 e. The summed E-state index contributed by atoms with van der Waals surface area (Å²) >= 11 is 0. The molecule has 0 bridgehead atoms. The highest BCUT2D eigenvalue weighted by Gasteiger charge is 2.40. The fraction of sp³-hybridized carbons (Fsp3) is 0.450. The zero-order chi connectivity index (χ0) is 19.4. The van der Waals surface area contributed by atoms with Crippen LogP contribution >= 0.6 is 0 Å². The Labute approximate surface area is 156 Å². The molecular weight excluding hydrogens is 356 g/mol. The average molecular weight is 379 g/mol. The number of aliphatic hydroxyl groups is 1. The Morgan fingerprint density at radius 3 is 2.48 bits per heavy atom. The number of hydrogen-bond donors (Lipinski definition) is 1. The zero-order valence-electron chi connectivity index (χ0n) is 15.2. The summed E-state index contributed by atoms with van der Waals surface area (Å²) in [6.07, 6.45) is -2.62. The first-order valence-corrected chi connectivity index (χ1v) is 9.00. The van der Waals surface area contributed by atoms with Crippen molar-refractivity contribution in [3.8, 4) is 11.3 Å². The van der Waals surface area contributed by atoms with Gasteiger partial charge in [-0.3, -0.25) is 4.90 Å². The molecule has 0 atom stereocenters. The first-order chi connectivity index (χ1) is 12.9. The smallest absolute Gasteiger partial charge is 0.338 e. The summed E-state index contributed by atoms with van der Waals surface area (Å²) < 4.78 is 36.5. The number of alkyl halides is 2. The van der Waals surface area contributed by atoms with Gasteiger partial charge >= 0.3 is 5.97 Å². The van der Waals surface area contributed by atoms with Crippen LogP contribution in [0.15, 0.2) is 40.8 Å². The normalized spacial score (nSPS) is 17.2. The number of hydrogen-bond acceptors (Lipinski definition) is 5. The number of piperidine rings is 1. The number of rotatable bonds is 6. The molecule has 1 saturated heterocycles. The van der Waals surface area contributed by atoms with Crippen LogP contribution in [0.2, 0.25) is 0 Å². The van der Waals surface area contributed by atoms with E-state index >= 15 is 0 Å². The minimum absolute atomic E-state index is 0.0492. The monoisotopic (exact) mass is 379 g/mol. The van der Waals surface area contributed by atoms with Gasteiger partial charge in [0, 0.05) is 18.7 Å². The van der Waals surface area contributed by atoms with Crippen LogP contribution in [0.5, 0.6) is 0 Å². The van der Waals surface area contributed by atoms with E-state index in [2.05, 4.69) is 0 Å². The van der Waals surface area contributed by atoms with Gasteiger partial charge in [0.05, 0.1) is 18.7 Å². The van der Waals surface area contributed by atoms with Crippen molar-refractivity contribution in [1.82, 2.24) is 4.90 Å². The number of carbonyl (C=O) groups excluding carboxylic acids is 1. The molecule has 27 heavy (non-hydrogen) atoms. The summed E-state index contributed by atoms with van der Waals surface area (Å²) in [7, 11) is 0. The molecule has 1 N–H and O–H groups in total. The molecule has 2 aromatic rings. The molecule has 5 nitrogen and oxygen atoms in total. The quantitative estimate of drug-likeness (QED) is 0.775. The molecule has 1 aromatic heterocycles. The van der Waals surface area contributed by atoms with E-state index in [0.29, 0.717) is 37.6 Å². The molecule has 0 amide bonds. The molecule has 3 rings (SSSR count). The van der Waals surface area contributed by atoms with Crippen LogP contribution in [0.1, 0.15) is 35.9 Å². The maximum absolute atomic E-state index is 12.9. The molecule has 7 heteroatoms. The highest BCUT2D eigenvalue weighted by Crippen LogP contribution is 2.30. The standard InChI is InChI=1S/C20H23F2NO4/c1-2-26-18(24)15-5-3-14(4-6-15)17-8-7-16(27-17)13-23-11-9-20(25,10-12-23)19(21)22/h3-8,19,25H,2,9-13H2,1H3. The number of ether oxygens (including phenoxy) is 1. The highest BCUT2D eigenvalue weighted by molar-refractivity contribution is 5.89. The number of halogens is 2. The van der Waals surface area contributed by atoms with Gasteiger partial charge in [0.1, 0.15) is 17.1 Å². The van der Waals surface area contributed by atoms with Gasteiger partial charge in [0.15, 0.2) is 0 Å². The maximum atomic E-state index is 12.9. The predicted octanol–water partition coefficient (Wildman–Crippen LogP) is 3.72. The second-order valence-corrected chi connectivity index (χ2v) is 6.74. The third-order valence-electron chi connectivity index (χ3n) is 4.85. The van der Waals surface area contributed by atoms with Gasteiger partial charge in [-0.05, 0) is 44.0 Å². The summed E-state index contributed by atoms with van der Waals surface area (Å²) in [5.74, 6) is 1.03. The molecule has 0 aliphatic carbocycles. The molecule has 1 aromatic carbocycles. The Hall–Kier alpha value is -2.25. The lowest BCUT2D eigenvalue weighted by atomic mass is 9.92. The fourth-order valence-corrected chi connectivity index (χ4v) is 3.14. The SMILES string of the molecule is CCOC(=O)c1ccc(-c2ccc(CN3CCC(O)(C(F)F)CC3)o2)cc1. The summed E-state index contributed by atoms with van der Waals surface area (Å²) in [6.45, 7) is 3.37. The lowest BCUT2D eigenvalue weighted by Gasteiger charge is -2.37. The van der Waals surface area contributed by atoms with E-state index in [0.717, 1.165) is 11.3 Å². The molecular formula is C20H23F2NO4. The fourth-order valence-electron chi connectivity index (χ4n) is 3.14. The number of likely N-dealkylation sites (tertiary alicyclic amines) is 1. The van der Waals surface area contributed by atoms with Gasteiger partial charge in [-0.15, -0.1) is 0 Å². The maximum Gasteiger partial charge on any atom is 0.338 e. The molecule has 0 unspecified atom stereocenters. The van der Waals surface area contributed by atoms with Crippen LogP contribution in [0, 0.1) is 0 Å². The minimum atomic E-state index is -2.72. The summed E-state index contributed by atoms with van der Waals surface area (Å²) in [6, 6.07) is 10.6. The first kappa shape index (κ1) is 19.5. The van der Waals surface area contributed by atoms with Crippen molar-refractivity contribution in [3.05, 3.63) is 47.7 Å². The number of furan rings is 1. The van der Waals surface area contributed by atoms with Gasteiger partial charge in [0.2, 0.25) is 0 Å². The van der Waals surface area contributed by atoms with E-state index in [1.54, 1.807) is 31.2 Å². The number of carbonyl (C=O) groups is 1. The lowest BCUT2D eigenvalue weighted by molar-refractivity contribution is -0.127. The Kier molecular flexibility index (Phi) is 5.92. The van der Waals surface area contributed by atoms with Gasteiger partial charge in [0.25, 0.3) is 6.43 Å². The Morgan fingerprint density at radius 1 is 1.22 bits per heavy atom. The van der Waals surface area contributed by atoms with Crippen molar-refractivity contribution in [2.75, 3.05) is 19.7 Å². The van der Waals surface area contributed by atoms with Crippen molar-refractivity contribution in [2.45, 2.75) is 38.3 Å². The van der Waals surface area contributed by atoms with E-state index < -0.39 is 12.0 Å². The van der Waals surface area contributed by atoms with Crippen molar-refractivity contribution in [2.24, 2.45) is 0 Å². The molecule has 0 radical (unpaired) electrons. The average Bonchev–Trinajstić information content (AvgIpc) is 3.12. The second kappa shape index (κ2) is 8.19. The summed E-state index contributed by atoms with van der Waals surface area (Å²) in [5.41, 5.74) is -0.557. The predicted molar refractivity (Wildman–Crippen MR) is 95.6 cm³/mol. The third kappa shape index (κ3) is 4.54. The van der Waals surface area contributed by atoms with E-state index in [1.807, 2.05) is 17.0 Å². The third-order valence-corrected chi connectivity index (χ3v) is 4.85. The molecule has 2 heterocycles. The van der Waals surface area contributed by atoms with Crippen molar-refractivity contribution < 1.29 is 27.8 Å². The lowest BCUT2D eigenvalue weighted by Crippen LogP contribution is -2.48. The Morgan fingerprint density at radius 2 is 1.89 bits per heavy atom. The van der Waals surface area contributed by atoms with Crippen LogP contribution in [-0.2, 0) is 11.3 Å². The van der Waals surface area contributed by atoms with Gasteiger partial charge in [-0.25, -0.2) is 13.6 Å². The van der Waals surface area contributed by atoms with Crippen LogP contribution < -0.4 is 0 Å². The molecule has 146 valence electrons. The molecule has 1 fully saturated rings. The number of esters is 1. The van der Waals surface area contributed by atoms with Crippen molar-refractivity contribution in [3.63, 3.8) is 0 Å². The Balaban J connectivity index is 1.60. The van der Waals surface area contributed by atoms with E-state index in [1.165, 1.54) is 0 Å². The summed E-state index contributed by atoms with van der Waals surface area (Å²) in [4.78, 5) is 13.7. The topological polar surface area (TPSA) is 62.9 Å². The molecule has 1 aliphatic rings. The summed E-state index contributed by atoms with van der Waals surface area (Å²) in [5, 5.41) is 9.85. The van der Waals surface area contributed by atoms with E-state index in [-0.39, 0.29) is 18.8 Å².